The van der Waals surface area contributed by atoms with Crippen molar-refractivity contribution in [3.63, 3.8) is 0 Å². The predicted octanol–water partition coefficient (Wildman–Crippen LogP) is -2.44. The van der Waals surface area contributed by atoms with E-state index < -0.39 is 15.7 Å². The molecule has 0 heterocycles. The van der Waals surface area contributed by atoms with Gasteiger partial charge in [0.2, 0.25) is 5.91 Å². The van der Waals surface area contributed by atoms with E-state index in [2.05, 4.69) is 0 Å². The number of nitrogens with zero attached hydrogens (tertiary/aromatic N) is 1. The van der Waals surface area contributed by atoms with E-state index in [1.165, 1.54) is 0 Å². The maximum atomic E-state index is 11.5. The van der Waals surface area contributed by atoms with E-state index in [1.54, 1.807) is 4.90 Å². The Hall–Kier alpha value is -0.700. The van der Waals surface area contributed by atoms with E-state index in [0.717, 1.165) is 0 Å². The molecule has 17 heavy (non-hydrogen) atoms. The summed E-state index contributed by atoms with van der Waals surface area (Å²) in [6.07, 6.45) is -0.178. The topological polar surface area (TPSA) is 121 Å². The highest BCUT2D eigenvalue weighted by atomic mass is 32.2. The zero-order valence-corrected chi connectivity index (χ0v) is 10.5. The van der Waals surface area contributed by atoms with Crippen LogP contribution in [0.25, 0.3) is 0 Å². The first-order chi connectivity index (χ1) is 7.91. The first-order valence-corrected chi connectivity index (χ1v) is 7.16. The summed E-state index contributed by atoms with van der Waals surface area (Å²) in [4.78, 5) is 12.1. The largest absolute Gasteiger partial charge is 0.395 e. The molecule has 0 aromatic carbocycles. The summed E-state index contributed by atoms with van der Waals surface area (Å²) in [5.41, 5.74) is 4.87. The quantitative estimate of drug-likeness (QED) is 0.405. The highest BCUT2D eigenvalue weighted by molar-refractivity contribution is 7.91. The standard InChI is InChI=1S/C9H20N2O5S/c10-9(14)1-7-17(15,16)8-4-11(2-5-12)3-6-13/h12-13H,1-8H2,(H2,10,14). The molecule has 8 heteroatoms. The van der Waals surface area contributed by atoms with Crippen LogP contribution in [0.5, 0.6) is 0 Å². The van der Waals surface area contributed by atoms with Crippen molar-refractivity contribution in [1.29, 1.82) is 0 Å². The normalized spacial score (nSPS) is 11.9. The second-order valence-corrected chi connectivity index (χ2v) is 5.96. The highest BCUT2D eigenvalue weighted by Crippen LogP contribution is 1.96. The Morgan fingerprint density at radius 1 is 1.06 bits per heavy atom. The second kappa shape index (κ2) is 8.40. The summed E-state index contributed by atoms with van der Waals surface area (Å²) < 4.78 is 23.0. The molecule has 0 fully saturated rings. The summed E-state index contributed by atoms with van der Waals surface area (Å²) in [5.74, 6) is -1.01. The Morgan fingerprint density at radius 2 is 1.59 bits per heavy atom. The predicted molar refractivity (Wildman–Crippen MR) is 63.1 cm³/mol. The third-order valence-electron chi connectivity index (χ3n) is 2.21. The fraction of sp³-hybridized carbons (Fsp3) is 0.889. The molecule has 0 radical (unpaired) electrons. The lowest BCUT2D eigenvalue weighted by Crippen LogP contribution is -2.35. The molecule has 7 nitrogen and oxygen atoms in total. The summed E-state index contributed by atoms with van der Waals surface area (Å²) in [7, 11) is -3.31. The smallest absolute Gasteiger partial charge is 0.218 e. The summed E-state index contributed by atoms with van der Waals surface area (Å²) in [6.45, 7) is 0.655. The number of carbonyl (C=O) groups is 1. The van der Waals surface area contributed by atoms with Gasteiger partial charge in [-0.15, -0.1) is 0 Å². The van der Waals surface area contributed by atoms with Gasteiger partial charge in [0.05, 0.1) is 24.7 Å². The van der Waals surface area contributed by atoms with Crippen molar-refractivity contribution in [2.75, 3.05) is 44.4 Å². The van der Waals surface area contributed by atoms with E-state index >= 15 is 0 Å². The van der Waals surface area contributed by atoms with Crippen molar-refractivity contribution in [3.8, 4) is 0 Å². The molecule has 102 valence electrons. The Kier molecular flexibility index (Phi) is 8.05. The number of nitrogens with two attached hydrogens (primary N) is 1. The first kappa shape index (κ1) is 16.3. The lowest BCUT2D eigenvalue weighted by Gasteiger charge is -2.19. The minimum atomic E-state index is -3.31. The second-order valence-electron chi connectivity index (χ2n) is 3.66. The molecular weight excluding hydrogens is 248 g/mol. The molecule has 0 aliphatic carbocycles. The van der Waals surface area contributed by atoms with Gasteiger partial charge in [0, 0.05) is 26.1 Å². The molecule has 0 atom stereocenters. The van der Waals surface area contributed by atoms with Gasteiger partial charge in [0.15, 0.2) is 9.84 Å². The highest BCUT2D eigenvalue weighted by Gasteiger charge is 2.14. The van der Waals surface area contributed by atoms with E-state index in [4.69, 9.17) is 15.9 Å². The summed E-state index contributed by atoms with van der Waals surface area (Å²) in [6, 6.07) is 0. The molecule has 0 bridgehead atoms. The maximum absolute atomic E-state index is 11.5. The number of hydrogen-bond donors (Lipinski definition) is 3. The number of rotatable bonds is 10. The number of amides is 1. The van der Waals surface area contributed by atoms with Crippen LogP contribution in [0.1, 0.15) is 6.42 Å². The molecule has 0 unspecified atom stereocenters. The van der Waals surface area contributed by atoms with E-state index in [0.29, 0.717) is 13.1 Å². The van der Waals surface area contributed by atoms with Crippen LogP contribution in [0, 0.1) is 0 Å². The first-order valence-electron chi connectivity index (χ1n) is 5.34. The monoisotopic (exact) mass is 268 g/mol. The zero-order chi connectivity index (χ0) is 13.3. The van der Waals surface area contributed by atoms with Crippen LogP contribution in [0.3, 0.4) is 0 Å². The van der Waals surface area contributed by atoms with Crippen LogP contribution < -0.4 is 5.73 Å². The van der Waals surface area contributed by atoms with Crippen LogP contribution in [0.4, 0.5) is 0 Å². The molecule has 0 saturated heterocycles. The van der Waals surface area contributed by atoms with Gasteiger partial charge in [-0.05, 0) is 0 Å². The number of aliphatic hydroxyl groups excluding tert-OH is 2. The van der Waals surface area contributed by atoms with Gasteiger partial charge in [-0.25, -0.2) is 8.42 Å². The van der Waals surface area contributed by atoms with Gasteiger partial charge in [0.25, 0.3) is 0 Å². The van der Waals surface area contributed by atoms with Crippen LogP contribution >= 0.6 is 0 Å². The average Bonchev–Trinajstić information content (AvgIpc) is 2.24. The molecule has 0 aromatic rings. The minimum Gasteiger partial charge on any atom is -0.395 e. The number of sulfone groups is 1. The molecule has 0 aliphatic heterocycles. The molecule has 1 amide bonds. The zero-order valence-electron chi connectivity index (χ0n) is 9.71. The summed E-state index contributed by atoms with van der Waals surface area (Å²) >= 11 is 0. The lowest BCUT2D eigenvalue weighted by atomic mass is 10.5. The van der Waals surface area contributed by atoms with Crippen LogP contribution in [0.2, 0.25) is 0 Å². The Labute approximate surface area is 101 Å². The van der Waals surface area contributed by atoms with E-state index in [-0.39, 0.29) is 37.7 Å². The van der Waals surface area contributed by atoms with E-state index in [9.17, 15) is 13.2 Å². The third kappa shape index (κ3) is 9.04. The Morgan fingerprint density at radius 3 is 2.00 bits per heavy atom. The van der Waals surface area contributed by atoms with Gasteiger partial charge in [0.1, 0.15) is 0 Å². The third-order valence-corrected chi connectivity index (χ3v) is 3.84. The van der Waals surface area contributed by atoms with Crippen LogP contribution in [-0.2, 0) is 14.6 Å². The van der Waals surface area contributed by atoms with Crippen LogP contribution in [0.15, 0.2) is 0 Å². The molecular formula is C9H20N2O5S. The van der Waals surface area contributed by atoms with Gasteiger partial charge >= 0.3 is 0 Å². The van der Waals surface area contributed by atoms with Gasteiger partial charge in [-0.3, -0.25) is 9.69 Å². The Bertz CT molecular complexity index is 311. The maximum Gasteiger partial charge on any atom is 0.218 e. The lowest BCUT2D eigenvalue weighted by molar-refractivity contribution is -0.117. The number of hydrogen-bond acceptors (Lipinski definition) is 6. The van der Waals surface area contributed by atoms with Crippen molar-refractivity contribution in [2.24, 2.45) is 5.73 Å². The van der Waals surface area contributed by atoms with Crippen molar-refractivity contribution in [3.05, 3.63) is 0 Å². The van der Waals surface area contributed by atoms with Gasteiger partial charge in [-0.1, -0.05) is 0 Å². The van der Waals surface area contributed by atoms with Crippen molar-refractivity contribution >= 4 is 15.7 Å². The Balaban J connectivity index is 4.08. The molecule has 4 N–H and O–H groups in total. The fourth-order valence-corrected chi connectivity index (χ4v) is 2.50. The number of aliphatic hydroxyl groups is 2. The van der Waals surface area contributed by atoms with E-state index in [1.807, 2.05) is 0 Å². The van der Waals surface area contributed by atoms with Crippen molar-refractivity contribution in [1.82, 2.24) is 4.90 Å². The minimum absolute atomic E-state index is 0.0959. The van der Waals surface area contributed by atoms with Crippen molar-refractivity contribution < 1.29 is 23.4 Å². The number of primary amides is 1. The number of carbonyl (C=O) groups excluding carboxylic acids is 1. The average molecular weight is 268 g/mol. The molecule has 0 aliphatic rings. The SMILES string of the molecule is NC(=O)CCS(=O)(=O)CCN(CCO)CCO. The van der Waals surface area contributed by atoms with Crippen molar-refractivity contribution in [2.45, 2.75) is 6.42 Å². The van der Waals surface area contributed by atoms with Gasteiger partial charge in [-0.2, -0.15) is 0 Å². The molecule has 0 spiro atoms. The summed E-state index contributed by atoms with van der Waals surface area (Å²) in [5, 5.41) is 17.5. The fourth-order valence-electron chi connectivity index (χ4n) is 1.24. The molecule has 0 saturated carbocycles. The molecule has 0 aromatic heterocycles. The molecule has 0 rings (SSSR count). The van der Waals surface area contributed by atoms with Gasteiger partial charge < -0.3 is 15.9 Å². The van der Waals surface area contributed by atoms with Crippen LogP contribution in [-0.4, -0.2) is 73.8 Å².